The van der Waals surface area contributed by atoms with Gasteiger partial charge in [-0.3, -0.25) is 0 Å². The van der Waals surface area contributed by atoms with Crippen LogP contribution in [0, 0.1) is 0 Å². The lowest BCUT2D eigenvalue weighted by Crippen LogP contribution is -2.20. The lowest BCUT2D eigenvalue weighted by atomic mass is 10.0. The maximum absolute atomic E-state index is 5.63. The van der Waals surface area contributed by atoms with E-state index in [0.717, 1.165) is 13.0 Å². The molecule has 0 bridgehead atoms. The van der Waals surface area contributed by atoms with Gasteiger partial charge in [-0.1, -0.05) is 19.1 Å². The maximum atomic E-state index is 5.63. The SMILES string of the molecule is CCCN1CCc2c(CCN)cccc21. The molecule has 0 fully saturated rings. The summed E-state index contributed by atoms with van der Waals surface area (Å²) in [6.07, 6.45) is 3.44. The number of rotatable bonds is 4. The average molecular weight is 204 g/mol. The molecule has 1 aliphatic heterocycles. The first-order chi connectivity index (χ1) is 7.36. The average Bonchev–Trinajstić information content (AvgIpc) is 2.64. The van der Waals surface area contributed by atoms with Crippen LogP contribution in [-0.4, -0.2) is 19.6 Å². The molecule has 0 atom stereocenters. The van der Waals surface area contributed by atoms with E-state index in [9.17, 15) is 0 Å². The zero-order chi connectivity index (χ0) is 10.7. The Balaban J connectivity index is 2.26. The normalized spacial score (nSPS) is 14.4. The van der Waals surface area contributed by atoms with Crippen LogP contribution < -0.4 is 10.6 Å². The summed E-state index contributed by atoms with van der Waals surface area (Å²) in [5, 5.41) is 0. The number of benzene rings is 1. The predicted molar refractivity (Wildman–Crippen MR) is 65.4 cm³/mol. The molecule has 0 saturated heterocycles. The summed E-state index contributed by atoms with van der Waals surface area (Å²) < 4.78 is 0. The van der Waals surface area contributed by atoms with Crippen LogP contribution in [0.2, 0.25) is 0 Å². The van der Waals surface area contributed by atoms with Crippen LogP contribution in [0.4, 0.5) is 5.69 Å². The monoisotopic (exact) mass is 204 g/mol. The van der Waals surface area contributed by atoms with Gasteiger partial charge in [-0.05, 0) is 43.0 Å². The first-order valence-electron chi connectivity index (χ1n) is 5.92. The topological polar surface area (TPSA) is 29.3 Å². The Morgan fingerprint density at radius 1 is 1.40 bits per heavy atom. The highest BCUT2D eigenvalue weighted by molar-refractivity contribution is 5.60. The summed E-state index contributed by atoms with van der Waals surface area (Å²) in [5.41, 5.74) is 10.1. The molecule has 1 aromatic rings. The van der Waals surface area contributed by atoms with Crippen LogP contribution in [0.15, 0.2) is 18.2 Å². The van der Waals surface area contributed by atoms with Crippen LogP contribution in [0.3, 0.4) is 0 Å². The summed E-state index contributed by atoms with van der Waals surface area (Å²) >= 11 is 0. The van der Waals surface area contributed by atoms with E-state index in [2.05, 4.69) is 30.0 Å². The molecule has 2 heteroatoms. The third-order valence-electron chi connectivity index (χ3n) is 3.13. The molecule has 0 unspecified atom stereocenters. The number of hydrogen-bond acceptors (Lipinski definition) is 2. The fourth-order valence-electron chi connectivity index (χ4n) is 2.47. The fraction of sp³-hybridized carbons (Fsp3) is 0.538. The largest absolute Gasteiger partial charge is 0.371 e. The molecule has 0 aromatic heterocycles. The summed E-state index contributed by atoms with van der Waals surface area (Å²) in [4.78, 5) is 2.50. The Morgan fingerprint density at radius 2 is 2.27 bits per heavy atom. The molecule has 1 aliphatic rings. The van der Waals surface area contributed by atoms with Gasteiger partial charge in [0, 0.05) is 18.8 Å². The molecular formula is C13H20N2. The van der Waals surface area contributed by atoms with E-state index in [1.165, 1.54) is 42.7 Å². The maximum Gasteiger partial charge on any atom is 0.0402 e. The minimum absolute atomic E-state index is 0.754. The second-order valence-electron chi connectivity index (χ2n) is 4.19. The quantitative estimate of drug-likeness (QED) is 0.812. The van der Waals surface area contributed by atoms with Gasteiger partial charge in [-0.2, -0.15) is 0 Å². The van der Waals surface area contributed by atoms with Gasteiger partial charge in [0.2, 0.25) is 0 Å². The van der Waals surface area contributed by atoms with Crippen molar-refractivity contribution in [3.8, 4) is 0 Å². The van der Waals surface area contributed by atoms with Crippen LogP contribution >= 0.6 is 0 Å². The van der Waals surface area contributed by atoms with Crippen molar-refractivity contribution < 1.29 is 0 Å². The summed E-state index contributed by atoms with van der Waals surface area (Å²) in [6, 6.07) is 6.64. The molecule has 15 heavy (non-hydrogen) atoms. The van der Waals surface area contributed by atoms with Gasteiger partial charge in [0.1, 0.15) is 0 Å². The predicted octanol–water partition coefficient (Wildman–Crippen LogP) is 1.96. The summed E-state index contributed by atoms with van der Waals surface area (Å²) in [7, 11) is 0. The van der Waals surface area contributed by atoms with Gasteiger partial charge in [-0.25, -0.2) is 0 Å². The van der Waals surface area contributed by atoms with Crippen molar-refractivity contribution in [3.63, 3.8) is 0 Å². The van der Waals surface area contributed by atoms with Gasteiger partial charge < -0.3 is 10.6 Å². The molecule has 0 spiro atoms. The molecule has 0 aliphatic carbocycles. The molecular weight excluding hydrogens is 184 g/mol. The first-order valence-corrected chi connectivity index (χ1v) is 5.92. The number of fused-ring (bicyclic) bond motifs is 1. The van der Waals surface area contributed by atoms with E-state index in [-0.39, 0.29) is 0 Å². The second-order valence-corrected chi connectivity index (χ2v) is 4.19. The smallest absolute Gasteiger partial charge is 0.0402 e. The standard InChI is InChI=1S/C13H20N2/c1-2-9-15-10-7-12-11(6-8-14)4-3-5-13(12)15/h3-5H,2,6-10,14H2,1H3. The third-order valence-corrected chi connectivity index (χ3v) is 3.13. The zero-order valence-corrected chi connectivity index (χ0v) is 9.50. The number of nitrogens with two attached hydrogens (primary N) is 1. The fourth-order valence-corrected chi connectivity index (χ4v) is 2.47. The molecule has 0 radical (unpaired) electrons. The number of anilines is 1. The Bertz CT molecular complexity index is 333. The minimum atomic E-state index is 0.754. The molecule has 2 N–H and O–H groups in total. The second kappa shape index (κ2) is 4.67. The van der Waals surface area contributed by atoms with Gasteiger partial charge in [0.25, 0.3) is 0 Å². The third kappa shape index (κ3) is 2.00. The van der Waals surface area contributed by atoms with Crippen LogP contribution in [0.1, 0.15) is 24.5 Å². The molecule has 0 amide bonds. The first kappa shape index (κ1) is 10.5. The van der Waals surface area contributed by atoms with Crippen LogP contribution in [0.25, 0.3) is 0 Å². The van der Waals surface area contributed by atoms with Gasteiger partial charge >= 0.3 is 0 Å². The lowest BCUT2D eigenvalue weighted by Gasteiger charge is -2.18. The Labute approximate surface area is 92.1 Å². The van der Waals surface area contributed by atoms with Crippen molar-refractivity contribution >= 4 is 5.69 Å². The van der Waals surface area contributed by atoms with Gasteiger partial charge in [0.15, 0.2) is 0 Å². The summed E-state index contributed by atoms with van der Waals surface area (Å²) in [6.45, 7) is 5.36. The number of hydrogen-bond donors (Lipinski definition) is 1. The Morgan fingerprint density at radius 3 is 3.00 bits per heavy atom. The van der Waals surface area contributed by atoms with Crippen LogP contribution in [-0.2, 0) is 12.8 Å². The highest BCUT2D eigenvalue weighted by atomic mass is 15.1. The zero-order valence-electron chi connectivity index (χ0n) is 9.50. The van der Waals surface area contributed by atoms with Crippen molar-refractivity contribution in [2.45, 2.75) is 26.2 Å². The molecule has 2 nitrogen and oxygen atoms in total. The van der Waals surface area contributed by atoms with Crippen molar-refractivity contribution in [1.82, 2.24) is 0 Å². The van der Waals surface area contributed by atoms with Crippen molar-refractivity contribution in [2.24, 2.45) is 5.73 Å². The van der Waals surface area contributed by atoms with E-state index in [1.807, 2.05) is 0 Å². The van der Waals surface area contributed by atoms with Crippen LogP contribution in [0.5, 0.6) is 0 Å². The molecule has 1 heterocycles. The van der Waals surface area contributed by atoms with Crippen molar-refractivity contribution in [2.75, 3.05) is 24.5 Å². The Kier molecular flexibility index (Phi) is 3.27. The molecule has 2 rings (SSSR count). The van der Waals surface area contributed by atoms with Crippen molar-refractivity contribution in [3.05, 3.63) is 29.3 Å². The van der Waals surface area contributed by atoms with E-state index < -0.39 is 0 Å². The van der Waals surface area contributed by atoms with E-state index in [1.54, 1.807) is 0 Å². The Hall–Kier alpha value is -1.02. The van der Waals surface area contributed by atoms with E-state index in [4.69, 9.17) is 5.73 Å². The highest BCUT2D eigenvalue weighted by Crippen LogP contribution is 2.30. The summed E-state index contributed by atoms with van der Waals surface area (Å²) in [5.74, 6) is 0. The number of nitrogens with zero attached hydrogens (tertiary/aromatic N) is 1. The molecule has 0 saturated carbocycles. The van der Waals surface area contributed by atoms with Crippen molar-refractivity contribution in [1.29, 1.82) is 0 Å². The van der Waals surface area contributed by atoms with Gasteiger partial charge in [-0.15, -0.1) is 0 Å². The minimum Gasteiger partial charge on any atom is -0.371 e. The molecule has 1 aromatic carbocycles. The molecule has 82 valence electrons. The lowest BCUT2D eigenvalue weighted by molar-refractivity contribution is 0.796. The highest BCUT2D eigenvalue weighted by Gasteiger charge is 2.19. The van der Waals surface area contributed by atoms with E-state index >= 15 is 0 Å². The van der Waals surface area contributed by atoms with Gasteiger partial charge in [0.05, 0.1) is 0 Å². The van der Waals surface area contributed by atoms with E-state index in [0.29, 0.717) is 0 Å².